The number of hydrogen-bond acceptors (Lipinski definition) is 4. The lowest BCUT2D eigenvalue weighted by Gasteiger charge is -2.38. The van der Waals surface area contributed by atoms with Gasteiger partial charge < -0.3 is 14.5 Å². The van der Waals surface area contributed by atoms with E-state index in [1.54, 1.807) is 7.11 Å². The van der Waals surface area contributed by atoms with Crippen molar-refractivity contribution < 1.29 is 9.53 Å². The van der Waals surface area contributed by atoms with Gasteiger partial charge in [0, 0.05) is 24.7 Å². The van der Waals surface area contributed by atoms with Crippen LogP contribution in [0.1, 0.15) is 40.7 Å². The van der Waals surface area contributed by atoms with E-state index in [1.807, 2.05) is 24.3 Å². The van der Waals surface area contributed by atoms with Gasteiger partial charge in [0.25, 0.3) is 5.91 Å². The second-order valence-electron chi connectivity index (χ2n) is 9.95. The minimum atomic E-state index is 0.126. The number of amides is 1. The average molecular weight is 450 g/mol. The number of likely N-dealkylation sites (tertiary alicyclic amines) is 1. The fourth-order valence-corrected chi connectivity index (χ4v) is 5.40. The summed E-state index contributed by atoms with van der Waals surface area (Å²) in [6.45, 7) is 4.92. The van der Waals surface area contributed by atoms with Crippen molar-refractivity contribution in [2.24, 2.45) is 5.92 Å². The monoisotopic (exact) mass is 449 g/mol. The summed E-state index contributed by atoms with van der Waals surface area (Å²) in [5.41, 5.74) is 3.78. The van der Waals surface area contributed by atoms with Crippen molar-refractivity contribution in [3.8, 4) is 5.75 Å². The molecule has 0 spiro atoms. The molecular weight excluding hydrogens is 410 g/mol. The van der Waals surface area contributed by atoms with Crippen LogP contribution >= 0.6 is 0 Å². The molecule has 5 heteroatoms. The van der Waals surface area contributed by atoms with Gasteiger partial charge in [-0.05, 0) is 101 Å². The molecule has 0 atom stereocenters. The zero-order chi connectivity index (χ0) is 23.2. The maximum absolute atomic E-state index is 13.4. The second kappa shape index (κ2) is 11.2. The summed E-state index contributed by atoms with van der Waals surface area (Å²) in [4.78, 5) is 20.4. The lowest BCUT2D eigenvalue weighted by atomic mass is 9.94. The summed E-state index contributed by atoms with van der Waals surface area (Å²) >= 11 is 0. The Morgan fingerprint density at radius 3 is 2.33 bits per heavy atom. The van der Waals surface area contributed by atoms with Crippen molar-refractivity contribution >= 4 is 5.91 Å². The molecule has 1 amide bonds. The molecule has 1 heterocycles. The summed E-state index contributed by atoms with van der Waals surface area (Å²) in [6.07, 6.45) is 5.70. The summed E-state index contributed by atoms with van der Waals surface area (Å²) in [5.74, 6) is 1.43. The molecule has 2 aliphatic rings. The standard InChI is InChI=1S/C28H39N3O2/c1-29(2)14-7-15-31(28(32)25-10-6-11-27(20-25)33-3)21-22-12-16-30(17-13-22)26-18-23-8-4-5-9-24(23)19-26/h4-6,8-11,20,22,26H,7,12-19,21H2,1-3H3. The van der Waals surface area contributed by atoms with E-state index in [1.165, 1.54) is 36.8 Å². The number of methoxy groups -OCH3 is 1. The first-order valence-corrected chi connectivity index (χ1v) is 12.4. The highest BCUT2D eigenvalue weighted by Crippen LogP contribution is 2.29. The van der Waals surface area contributed by atoms with Crippen molar-refractivity contribution in [1.82, 2.24) is 14.7 Å². The first kappa shape index (κ1) is 23.8. The van der Waals surface area contributed by atoms with Gasteiger partial charge in [-0.1, -0.05) is 30.3 Å². The van der Waals surface area contributed by atoms with Gasteiger partial charge in [0.2, 0.25) is 0 Å². The molecule has 4 rings (SSSR count). The highest BCUT2D eigenvalue weighted by Gasteiger charge is 2.31. The Hall–Kier alpha value is -2.37. The van der Waals surface area contributed by atoms with Gasteiger partial charge in [-0.2, -0.15) is 0 Å². The molecule has 0 bridgehead atoms. The minimum absolute atomic E-state index is 0.126. The van der Waals surface area contributed by atoms with E-state index >= 15 is 0 Å². The Morgan fingerprint density at radius 2 is 1.70 bits per heavy atom. The SMILES string of the molecule is COc1cccc(C(=O)N(CCCN(C)C)CC2CCN(C3Cc4ccccc4C3)CC2)c1. The van der Waals surface area contributed by atoms with E-state index in [0.29, 0.717) is 12.0 Å². The van der Waals surface area contributed by atoms with E-state index < -0.39 is 0 Å². The number of rotatable bonds is 9. The zero-order valence-corrected chi connectivity index (χ0v) is 20.5. The van der Waals surface area contributed by atoms with Gasteiger partial charge >= 0.3 is 0 Å². The maximum Gasteiger partial charge on any atom is 0.253 e. The average Bonchev–Trinajstić information content (AvgIpc) is 3.27. The van der Waals surface area contributed by atoms with Crippen LogP contribution in [0.25, 0.3) is 0 Å². The predicted molar refractivity (Wildman–Crippen MR) is 134 cm³/mol. The van der Waals surface area contributed by atoms with Crippen molar-refractivity contribution in [2.75, 3.05) is 53.9 Å². The smallest absolute Gasteiger partial charge is 0.253 e. The van der Waals surface area contributed by atoms with E-state index in [9.17, 15) is 4.79 Å². The molecule has 33 heavy (non-hydrogen) atoms. The van der Waals surface area contributed by atoms with Gasteiger partial charge in [-0.25, -0.2) is 0 Å². The van der Waals surface area contributed by atoms with Crippen LogP contribution in [-0.4, -0.2) is 80.6 Å². The molecule has 1 aliphatic heterocycles. The highest BCUT2D eigenvalue weighted by atomic mass is 16.5. The first-order chi connectivity index (χ1) is 16.0. The minimum Gasteiger partial charge on any atom is -0.497 e. The topological polar surface area (TPSA) is 36.0 Å². The highest BCUT2D eigenvalue weighted by molar-refractivity contribution is 5.94. The van der Waals surface area contributed by atoms with E-state index in [-0.39, 0.29) is 5.91 Å². The number of hydrogen-bond donors (Lipinski definition) is 0. The third kappa shape index (κ3) is 6.15. The number of carbonyl (C=O) groups is 1. The van der Waals surface area contributed by atoms with Crippen LogP contribution in [0.4, 0.5) is 0 Å². The molecule has 0 N–H and O–H groups in total. The number of benzene rings is 2. The van der Waals surface area contributed by atoms with Crippen LogP contribution in [0.15, 0.2) is 48.5 Å². The molecule has 0 aromatic heterocycles. The lowest BCUT2D eigenvalue weighted by molar-refractivity contribution is 0.0660. The Balaban J connectivity index is 1.34. The van der Waals surface area contributed by atoms with Crippen molar-refractivity contribution in [3.05, 3.63) is 65.2 Å². The third-order valence-electron chi connectivity index (χ3n) is 7.31. The molecule has 0 unspecified atom stereocenters. The molecule has 5 nitrogen and oxygen atoms in total. The zero-order valence-electron chi connectivity index (χ0n) is 20.5. The summed E-state index contributed by atoms with van der Waals surface area (Å²) in [6, 6.07) is 17.1. The molecular formula is C28H39N3O2. The fourth-order valence-electron chi connectivity index (χ4n) is 5.40. The second-order valence-corrected chi connectivity index (χ2v) is 9.95. The van der Waals surface area contributed by atoms with Gasteiger partial charge in [0.15, 0.2) is 0 Å². The lowest BCUT2D eigenvalue weighted by Crippen LogP contribution is -2.45. The fraction of sp³-hybridized carbons (Fsp3) is 0.536. The van der Waals surface area contributed by atoms with Crippen LogP contribution in [0.5, 0.6) is 5.75 Å². The van der Waals surface area contributed by atoms with E-state index in [4.69, 9.17) is 4.74 Å². The van der Waals surface area contributed by atoms with Crippen molar-refractivity contribution in [2.45, 2.75) is 38.1 Å². The third-order valence-corrected chi connectivity index (χ3v) is 7.31. The normalized spacial score (nSPS) is 17.3. The van der Waals surface area contributed by atoms with Gasteiger partial charge in [0.1, 0.15) is 5.75 Å². The summed E-state index contributed by atoms with van der Waals surface area (Å²) in [5, 5.41) is 0. The summed E-state index contributed by atoms with van der Waals surface area (Å²) in [7, 11) is 5.82. The molecule has 0 saturated carbocycles. The molecule has 0 radical (unpaired) electrons. The van der Waals surface area contributed by atoms with E-state index in [0.717, 1.165) is 50.5 Å². The van der Waals surface area contributed by atoms with Gasteiger partial charge in [-0.3, -0.25) is 9.69 Å². The number of carbonyl (C=O) groups excluding carboxylic acids is 1. The Bertz CT molecular complexity index is 896. The molecule has 1 fully saturated rings. The first-order valence-electron chi connectivity index (χ1n) is 12.4. The number of fused-ring (bicyclic) bond motifs is 1. The molecule has 2 aromatic rings. The molecule has 1 aliphatic carbocycles. The quantitative estimate of drug-likeness (QED) is 0.580. The van der Waals surface area contributed by atoms with Crippen LogP contribution < -0.4 is 4.74 Å². The van der Waals surface area contributed by atoms with Crippen molar-refractivity contribution in [3.63, 3.8) is 0 Å². The van der Waals surface area contributed by atoms with E-state index in [2.05, 4.69) is 53.1 Å². The molecule has 1 saturated heterocycles. The van der Waals surface area contributed by atoms with Crippen molar-refractivity contribution in [1.29, 1.82) is 0 Å². The largest absolute Gasteiger partial charge is 0.497 e. The molecule has 2 aromatic carbocycles. The number of nitrogens with zero attached hydrogens (tertiary/aromatic N) is 3. The van der Waals surface area contributed by atoms with Gasteiger partial charge in [-0.15, -0.1) is 0 Å². The Kier molecular flexibility index (Phi) is 8.05. The number of ether oxygens (including phenoxy) is 1. The van der Waals surface area contributed by atoms with Crippen LogP contribution in [0, 0.1) is 5.92 Å². The Morgan fingerprint density at radius 1 is 1.00 bits per heavy atom. The number of piperidine rings is 1. The van der Waals surface area contributed by atoms with Gasteiger partial charge in [0.05, 0.1) is 7.11 Å². The van der Waals surface area contributed by atoms with Crippen LogP contribution in [0.3, 0.4) is 0 Å². The maximum atomic E-state index is 13.4. The molecule has 178 valence electrons. The summed E-state index contributed by atoms with van der Waals surface area (Å²) < 4.78 is 5.35. The van der Waals surface area contributed by atoms with Crippen LogP contribution in [0.2, 0.25) is 0 Å². The van der Waals surface area contributed by atoms with Crippen LogP contribution in [-0.2, 0) is 12.8 Å². The predicted octanol–water partition coefficient (Wildman–Crippen LogP) is 3.97. The Labute approximate surface area is 199 Å².